The number of hydrogen-bond donors (Lipinski definition) is 1. The van der Waals surface area contributed by atoms with Crippen LogP contribution in [0.3, 0.4) is 0 Å². The highest BCUT2D eigenvalue weighted by molar-refractivity contribution is 6.06. The number of nitrogen functional groups attached to an aromatic ring is 1. The molecule has 0 spiro atoms. The molecule has 2 aromatic heterocycles. The van der Waals surface area contributed by atoms with Crippen LogP contribution in [0.25, 0.3) is 21.9 Å². The summed E-state index contributed by atoms with van der Waals surface area (Å²) in [4.78, 5) is 38.8. The molecule has 0 radical (unpaired) electrons. The Morgan fingerprint density at radius 1 is 1.00 bits per heavy atom. The van der Waals surface area contributed by atoms with Crippen LogP contribution in [0.5, 0.6) is 5.75 Å². The van der Waals surface area contributed by atoms with E-state index in [1.165, 1.54) is 13.3 Å². The number of nitrogens with two attached hydrogens (primary N) is 1. The number of nitrogens with zero attached hydrogens (tertiary/aromatic N) is 5. The number of imidazole rings is 1. The number of unbranched alkanes of at least 4 members (excludes halogenated alkanes) is 1. The highest BCUT2D eigenvalue weighted by Crippen LogP contribution is 2.29. The highest BCUT2D eigenvalue weighted by Gasteiger charge is 2.21. The molecule has 1 saturated heterocycles. The van der Waals surface area contributed by atoms with Crippen molar-refractivity contribution in [2.75, 3.05) is 31.9 Å². The van der Waals surface area contributed by atoms with Crippen LogP contribution in [0, 0.1) is 0 Å². The lowest BCUT2D eigenvalue weighted by Crippen LogP contribution is -2.42. The predicted molar refractivity (Wildman–Crippen MR) is 166 cm³/mol. The minimum absolute atomic E-state index is 0.140. The van der Waals surface area contributed by atoms with Gasteiger partial charge in [0, 0.05) is 38.4 Å². The topological polar surface area (TPSA) is 107 Å². The minimum Gasteiger partial charge on any atom is -0.427 e. The SMILES string of the molecule is CCCCc1nc2c(N)nc3ccccc3c2n1CCCN(Cc1ccc(OC(C)=O)cc1)C(=O)CN1CCCCC1. The lowest BCUT2D eigenvalue weighted by molar-refractivity contribution is -0.133. The van der Waals surface area contributed by atoms with Crippen LogP contribution in [-0.4, -0.2) is 62.4 Å². The maximum Gasteiger partial charge on any atom is 0.308 e. The Hall–Kier alpha value is -3.98. The molecule has 9 nitrogen and oxygen atoms in total. The van der Waals surface area contributed by atoms with Crippen molar-refractivity contribution >= 4 is 39.6 Å². The van der Waals surface area contributed by atoms with Crippen molar-refractivity contribution in [1.82, 2.24) is 24.3 Å². The lowest BCUT2D eigenvalue weighted by atomic mass is 10.1. The summed E-state index contributed by atoms with van der Waals surface area (Å²) >= 11 is 0. The number of aryl methyl sites for hydroxylation is 2. The van der Waals surface area contributed by atoms with Crippen LogP contribution in [0.4, 0.5) is 5.82 Å². The molecule has 0 unspecified atom stereocenters. The Balaban J connectivity index is 1.38. The summed E-state index contributed by atoms with van der Waals surface area (Å²) in [5.74, 6) is 1.77. The number of ether oxygens (including phenoxy) is 1. The van der Waals surface area contributed by atoms with E-state index < -0.39 is 0 Å². The number of carbonyl (C=O) groups is 2. The highest BCUT2D eigenvalue weighted by atomic mass is 16.5. The van der Waals surface area contributed by atoms with Crippen molar-refractivity contribution in [2.24, 2.45) is 0 Å². The number of likely N-dealkylation sites (tertiary alicyclic amines) is 1. The molecule has 0 atom stereocenters. The van der Waals surface area contributed by atoms with E-state index in [0.717, 1.165) is 91.5 Å². The summed E-state index contributed by atoms with van der Waals surface area (Å²) in [5.41, 5.74) is 10.0. The third-order valence-electron chi connectivity index (χ3n) is 7.97. The minimum atomic E-state index is -0.350. The normalized spacial score (nSPS) is 14.0. The van der Waals surface area contributed by atoms with E-state index in [1.807, 2.05) is 35.2 Å². The number of hydrogen-bond acceptors (Lipinski definition) is 7. The summed E-state index contributed by atoms with van der Waals surface area (Å²) in [7, 11) is 0. The van der Waals surface area contributed by atoms with Gasteiger partial charge in [-0.15, -0.1) is 0 Å². The molecule has 3 heterocycles. The van der Waals surface area contributed by atoms with E-state index in [1.54, 1.807) is 12.1 Å². The zero-order valence-corrected chi connectivity index (χ0v) is 24.8. The number of carbonyl (C=O) groups excluding carboxylic acids is 2. The van der Waals surface area contributed by atoms with Crippen LogP contribution >= 0.6 is 0 Å². The molecule has 1 fully saturated rings. The monoisotopic (exact) mass is 570 g/mol. The quantitative estimate of drug-likeness (QED) is 0.181. The number of pyridine rings is 1. The average Bonchev–Trinajstić information content (AvgIpc) is 3.36. The van der Waals surface area contributed by atoms with Gasteiger partial charge < -0.3 is 19.9 Å². The number of para-hydroxylation sites is 1. The van der Waals surface area contributed by atoms with Crippen LogP contribution in [-0.2, 0) is 29.1 Å². The Kier molecular flexibility index (Phi) is 9.69. The summed E-state index contributed by atoms with van der Waals surface area (Å²) in [6, 6.07) is 15.5. The Bertz CT molecular complexity index is 1520. The first-order valence-corrected chi connectivity index (χ1v) is 15.2. The van der Waals surface area contributed by atoms with Crippen molar-refractivity contribution in [3.8, 4) is 5.75 Å². The van der Waals surface area contributed by atoms with Gasteiger partial charge in [0.25, 0.3) is 0 Å². The number of fused-ring (bicyclic) bond motifs is 3. The number of aromatic nitrogens is 3. The van der Waals surface area contributed by atoms with Crippen LogP contribution in [0.2, 0.25) is 0 Å². The van der Waals surface area contributed by atoms with Gasteiger partial charge in [-0.25, -0.2) is 9.97 Å². The summed E-state index contributed by atoms with van der Waals surface area (Å²) < 4.78 is 7.49. The fourth-order valence-electron chi connectivity index (χ4n) is 5.84. The molecule has 5 rings (SSSR count). The van der Waals surface area contributed by atoms with Crippen molar-refractivity contribution in [3.63, 3.8) is 0 Å². The molecule has 9 heteroatoms. The van der Waals surface area contributed by atoms with E-state index in [-0.39, 0.29) is 11.9 Å². The molecule has 222 valence electrons. The smallest absolute Gasteiger partial charge is 0.308 e. The molecule has 0 bridgehead atoms. The molecular weight excluding hydrogens is 528 g/mol. The number of amides is 1. The zero-order valence-electron chi connectivity index (χ0n) is 24.8. The maximum atomic E-state index is 13.6. The van der Waals surface area contributed by atoms with E-state index in [0.29, 0.717) is 31.2 Å². The molecule has 2 N–H and O–H groups in total. The summed E-state index contributed by atoms with van der Waals surface area (Å²) in [6.07, 6.45) is 7.28. The van der Waals surface area contributed by atoms with E-state index in [9.17, 15) is 9.59 Å². The number of piperidine rings is 1. The molecule has 1 amide bonds. The number of anilines is 1. The van der Waals surface area contributed by atoms with Crippen molar-refractivity contribution in [2.45, 2.75) is 71.9 Å². The van der Waals surface area contributed by atoms with Crippen LogP contribution < -0.4 is 10.5 Å². The van der Waals surface area contributed by atoms with Gasteiger partial charge in [0.15, 0.2) is 5.82 Å². The maximum absolute atomic E-state index is 13.6. The fraction of sp³-hybridized carbons (Fsp3) is 0.455. The molecule has 1 aliphatic rings. The van der Waals surface area contributed by atoms with E-state index >= 15 is 0 Å². The third-order valence-corrected chi connectivity index (χ3v) is 7.97. The van der Waals surface area contributed by atoms with Gasteiger partial charge in [-0.3, -0.25) is 14.5 Å². The first-order chi connectivity index (χ1) is 20.4. The van der Waals surface area contributed by atoms with Gasteiger partial charge in [0.2, 0.25) is 5.91 Å². The summed E-state index contributed by atoms with van der Waals surface area (Å²) in [5, 5.41) is 1.04. The molecular formula is C33H42N6O3. The van der Waals surface area contributed by atoms with Crippen molar-refractivity contribution in [3.05, 3.63) is 59.9 Å². The fourth-order valence-corrected chi connectivity index (χ4v) is 5.84. The van der Waals surface area contributed by atoms with Crippen molar-refractivity contribution < 1.29 is 14.3 Å². The lowest BCUT2D eigenvalue weighted by Gasteiger charge is -2.30. The summed E-state index contributed by atoms with van der Waals surface area (Å²) in [6.45, 7) is 7.80. The second-order valence-electron chi connectivity index (χ2n) is 11.2. The van der Waals surface area contributed by atoms with Gasteiger partial charge >= 0.3 is 5.97 Å². The molecule has 2 aromatic carbocycles. The molecule has 0 aliphatic carbocycles. The Labute approximate surface area is 247 Å². The average molecular weight is 571 g/mol. The first kappa shape index (κ1) is 29.5. The van der Waals surface area contributed by atoms with Crippen LogP contribution in [0.1, 0.15) is 63.8 Å². The number of rotatable bonds is 12. The van der Waals surface area contributed by atoms with Crippen LogP contribution in [0.15, 0.2) is 48.5 Å². The van der Waals surface area contributed by atoms with Gasteiger partial charge in [-0.1, -0.05) is 50.1 Å². The van der Waals surface area contributed by atoms with Gasteiger partial charge in [0.05, 0.1) is 17.6 Å². The molecule has 42 heavy (non-hydrogen) atoms. The number of benzene rings is 2. The molecule has 0 saturated carbocycles. The molecule has 1 aliphatic heterocycles. The predicted octanol–water partition coefficient (Wildman–Crippen LogP) is 5.34. The van der Waals surface area contributed by atoms with Gasteiger partial charge in [-0.05, 0) is 62.5 Å². The van der Waals surface area contributed by atoms with E-state index in [2.05, 4.69) is 27.4 Å². The Morgan fingerprint density at radius 3 is 2.50 bits per heavy atom. The largest absolute Gasteiger partial charge is 0.427 e. The van der Waals surface area contributed by atoms with Crippen molar-refractivity contribution in [1.29, 1.82) is 0 Å². The second-order valence-corrected chi connectivity index (χ2v) is 11.2. The number of esters is 1. The Morgan fingerprint density at radius 2 is 1.76 bits per heavy atom. The molecule has 4 aromatic rings. The second kappa shape index (κ2) is 13.8. The first-order valence-electron chi connectivity index (χ1n) is 15.2. The third kappa shape index (κ3) is 7.07. The standard InChI is InChI=1S/C33H42N6O3/c1-3-4-13-29-36-31-32(27-11-6-7-12-28(27)35-33(31)34)39(29)21-10-20-38(30(41)23-37-18-8-5-9-19-37)22-25-14-16-26(17-15-25)42-24(2)40/h6-7,11-12,14-17H,3-5,8-10,13,18-23H2,1-2H3,(H2,34,35). The zero-order chi connectivity index (χ0) is 29.5. The van der Waals surface area contributed by atoms with Gasteiger partial charge in [0.1, 0.15) is 17.1 Å². The van der Waals surface area contributed by atoms with Gasteiger partial charge in [-0.2, -0.15) is 0 Å². The van der Waals surface area contributed by atoms with E-state index in [4.69, 9.17) is 15.5 Å².